The van der Waals surface area contributed by atoms with Crippen molar-refractivity contribution in [2.75, 3.05) is 0 Å². The molecule has 0 N–H and O–H groups in total. The zero-order valence-electron chi connectivity index (χ0n) is 25.1. The van der Waals surface area contributed by atoms with Gasteiger partial charge >= 0.3 is 0 Å². The van der Waals surface area contributed by atoms with Crippen LogP contribution in [-0.4, -0.2) is 4.57 Å². The minimum absolute atomic E-state index is 0.0203. The molecular weight excluding hydrogens is 518 g/mol. The van der Waals surface area contributed by atoms with Gasteiger partial charge in [-0.25, -0.2) is 0 Å². The molecule has 206 valence electrons. The summed E-state index contributed by atoms with van der Waals surface area (Å²) in [6.07, 6.45) is 0. The van der Waals surface area contributed by atoms with Crippen LogP contribution in [0.2, 0.25) is 0 Å². The minimum Gasteiger partial charge on any atom is -0.309 e. The highest BCUT2D eigenvalue weighted by molar-refractivity contribution is 6.13. The van der Waals surface area contributed by atoms with Gasteiger partial charge in [-0.1, -0.05) is 131 Å². The molecular formula is C42H33N. The van der Waals surface area contributed by atoms with Crippen LogP contribution in [0.4, 0.5) is 0 Å². The molecule has 2 aliphatic carbocycles. The van der Waals surface area contributed by atoms with E-state index in [0.29, 0.717) is 0 Å². The van der Waals surface area contributed by atoms with Gasteiger partial charge in [-0.3, -0.25) is 0 Å². The monoisotopic (exact) mass is 551 g/mol. The van der Waals surface area contributed by atoms with E-state index in [9.17, 15) is 0 Å². The lowest BCUT2D eigenvalue weighted by atomic mass is 9.81. The van der Waals surface area contributed by atoms with E-state index in [1.54, 1.807) is 0 Å². The van der Waals surface area contributed by atoms with E-state index < -0.39 is 0 Å². The van der Waals surface area contributed by atoms with Crippen molar-refractivity contribution in [3.05, 3.63) is 150 Å². The molecule has 6 aromatic carbocycles. The fourth-order valence-corrected chi connectivity index (χ4v) is 8.29. The molecule has 0 bridgehead atoms. The molecule has 2 aliphatic rings. The van der Waals surface area contributed by atoms with Gasteiger partial charge in [0.25, 0.3) is 0 Å². The number of nitrogens with zero attached hydrogens (tertiary/aromatic N) is 1. The second-order valence-corrected chi connectivity index (χ2v) is 13.4. The Morgan fingerprint density at radius 2 is 1.07 bits per heavy atom. The molecule has 9 rings (SSSR count). The highest BCUT2D eigenvalue weighted by Crippen LogP contribution is 2.53. The molecule has 0 amide bonds. The van der Waals surface area contributed by atoms with E-state index in [-0.39, 0.29) is 10.8 Å². The van der Waals surface area contributed by atoms with Crippen LogP contribution in [0.15, 0.2) is 127 Å². The van der Waals surface area contributed by atoms with Crippen LogP contribution in [0.3, 0.4) is 0 Å². The molecule has 7 aromatic rings. The molecule has 0 radical (unpaired) electrons. The normalized spacial score (nSPS) is 15.3. The van der Waals surface area contributed by atoms with Crippen molar-refractivity contribution in [1.82, 2.24) is 4.57 Å². The summed E-state index contributed by atoms with van der Waals surface area (Å²) in [6, 6.07) is 47.6. The average molecular weight is 552 g/mol. The Balaban J connectivity index is 1.28. The van der Waals surface area contributed by atoms with Crippen molar-refractivity contribution in [1.29, 1.82) is 0 Å². The molecule has 0 spiro atoms. The molecule has 1 nitrogen and oxygen atoms in total. The number of rotatable bonds is 2. The highest BCUT2D eigenvalue weighted by Gasteiger charge is 2.38. The maximum absolute atomic E-state index is 2.52. The lowest BCUT2D eigenvalue weighted by Crippen LogP contribution is -2.16. The second-order valence-electron chi connectivity index (χ2n) is 13.4. The molecule has 0 unspecified atom stereocenters. The van der Waals surface area contributed by atoms with Crippen LogP contribution in [-0.2, 0) is 10.8 Å². The summed E-state index contributed by atoms with van der Waals surface area (Å²) in [7, 11) is 0. The van der Waals surface area contributed by atoms with Crippen LogP contribution < -0.4 is 0 Å². The van der Waals surface area contributed by atoms with Crippen molar-refractivity contribution >= 4 is 21.8 Å². The predicted molar refractivity (Wildman–Crippen MR) is 181 cm³/mol. The Bertz CT molecular complexity index is 2290. The highest BCUT2D eigenvalue weighted by atomic mass is 15.0. The summed E-state index contributed by atoms with van der Waals surface area (Å²) in [5.74, 6) is 0. The summed E-state index contributed by atoms with van der Waals surface area (Å²) in [5, 5.41) is 2.62. The molecule has 43 heavy (non-hydrogen) atoms. The first-order chi connectivity index (χ1) is 20.9. The maximum Gasteiger partial charge on any atom is 0.0588 e. The lowest BCUT2D eigenvalue weighted by Gasteiger charge is -2.24. The van der Waals surface area contributed by atoms with Crippen molar-refractivity contribution in [2.24, 2.45) is 0 Å². The Kier molecular flexibility index (Phi) is 4.80. The summed E-state index contributed by atoms with van der Waals surface area (Å²) >= 11 is 0. The van der Waals surface area contributed by atoms with Crippen LogP contribution >= 0.6 is 0 Å². The van der Waals surface area contributed by atoms with Crippen molar-refractivity contribution < 1.29 is 0 Å². The van der Waals surface area contributed by atoms with Gasteiger partial charge in [0.05, 0.1) is 11.0 Å². The molecule has 1 aromatic heterocycles. The van der Waals surface area contributed by atoms with Gasteiger partial charge in [0.2, 0.25) is 0 Å². The molecule has 0 saturated heterocycles. The van der Waals surface area contributed by atoms with Gasteiger partial charge in [-0.05, 0) is 79.9 Å². The summed E-state index contributed by atoms with van der Waals surface area (Å²) in [6.45, 7) is 9.49. The molecule has 0 saturated carbocycles. The van der Waals surface area contributed by atoms with Gasteiger partial charge < -0.3 is 4.57 Å². The smallest absolute Gasteiger partial charge is 0.0588 e. The van der Waals surface area contributed by atoms with E-state index in [1.165, 1.54) is 83.1 Å². The van der Waals surface area contributed by atoms with Gasteiger partial charge in [-0.2, -0.15) is 0 Å². The Morgan fingerprint density at radius 3 is 1.88 bits per heavy atom. The first-order valence-corrected chi connectivity index (χ1v) is 15.4. The van der Waals surface area contributed by atoms with Crippen molar-refractivity contribution in [2.45, 2.75) is 38.5 Å². The van der Waals surface area contributed by atoms with Crippen LogP contribution in [0, 0.1) is 0 Å². The molecule has 0 atom stereocenters. The first kappa shape index (κ1) is 24.7. The second kappa shape index (κ2) is 8.36. The van der Waals surface area contributed by atoms with Crippen LogP contribution in [0.5, 0.6) is 0 Å². The minimum atomic E-state index is -0.101. The number of hydrogen-bond donors (Lipinski definition) is 0. The quantitative estimate of drug-likeness (QED) is 0.201. The van der Waals surface area contributed by atoms with E-state index >= 15 is 0 Å². The van der Waals surface area contributed by atoms with Gasteiger partial charge in [0.1, 0.15) is 0 Å². The summed E-state index contributed by atoms with van der Waals surface area (Å²) < 4.78 is 2.52. The largest absolute Gasteiger partial charge is 0.309 e. The molecule has 1 heteroatoms. The third kappa shape index (κ3) is 3.17. The Hall–Kier alpha value is -4.88. The zero-order valence-corrected chi connectivity index (χ0v) is 25.1. The van der Waals surface area contributed by atoms with Crippen molar-refractivity contribution in [3.63, 3.8) is 0 Å². The third-order valence-electron chi connectivity index (χ3n) is 10.4. The standard InChI is InChI=1S/C42H33N/c1-41(2)35-17-8-5-14-29(35)31-21-20-27(25-37(31)41)26-12-11-13-28(24-26)43-38-19-10-7-16-32(38)34-23-22-33-30-15-6-9-18-36(30)42(3,4)39(33)40(34)43/h5-25H,1-4H3. The molecule has 0 fully saturated rings. The van der Waals surface area contributed by atoms with Crippen LogP contribution in [0.1, 0.15) is 49.9 Å². The fraction of sp³-hybridized carbons (Fsp3) is 0.143. The number of fused-ring (bicyclic) bond motifs is 10. The van der Waals surface area contributed by atoms with E-state index in [2.05, 4.69) is 160 Å². The number of benzene rings is 6. The summed E-state index contributed by atoms with van der Waals surface area (Å²) in [4.78, 5) is 0. The lowest BCUT2D eigenvalue weighted by molar-refractivity contribution is 0.660. The fourth-order valence-electron chi connectivity index (χ4n) is 8.29. The number of hydrogen-bond acceptors (Lipinski definition) is 0. The SMILES string of the molecule is CC1(C)c2ccccc2-c2ccc(-c3cccc(-n4c5ccccc5c5ccc6c(c54)C(C)(C)c4ccccc4-6)c3)cc21. The van der Waals surface area contributed by atoms with Gasteiger partial charge in [-0.15, -0.1) is 0 Å². The van der Waals surface area contributed by atoms with E-state index in [1.807, 2.05) is 0 Å². The first-order valence-electron chi connectivity index (χ1n) is 15.4. The van der Waals surface area contributed by atoms with Crippen LogP contribution in [0.25, 0.3) is 60.9 Å². The number of para-hydroxylation sites is 1. The average Bonchev–Trinajstić information content (AvgIpc) is 3.58. The van der Waals surface area contributed by atoms with E-state index in [4.69, 9.17) is 0 Å². The van der Waals surface area contributed by atoms with Gasteiger partial charge in [0.15, 0.2) is 0 Å². The Labute approximate surface area is 253 Å². The van der Waals surface area contributed by atoms with E-state index in [0.717, 1.165) is 0 Å². The zero-order chi connectivity index (χ0) is 29.1. The third-order valence-corrected chi connectivity index (χ3v) is 10.4. The molecule has 0 aliphatic heterocycles. The Morgan fingerprint density at radius 1 is 0.442 bits per heavy atom. The topological polar surface area (TPSA) is 4.93 Å². The predicted octanol–water partition coefficient (Wildman–Crippen LogP) is 11.1. The molecule has 1 heterocycles. The van der Waals surface area contributed by atoms with Crippen molar-refractivity contribution in [3.8, 4) is 39.1 Å². The number of aromatic nitrogens is 1. The van der Waals surface area contributed by atoms with Gasteiger partial charge in [0, 0.05) is 27.3 Å². The maximum atomic E-state index is 2.52. The summed E-state index contributed by atoms with van der Waals surface area (Å²) in [5.41, 5.74) is 17.3.